The highest BCUT2D eigenvalue weighted by Crippen LogP contribution is 2.35. The number of para-hydroxylation sites is 2. The van der Waals surface area contributed by atoms with Crippen LogP contribution in [0.5, 0.6) is 0 Å². The van der Waals surface area contributed by atoms with Crippen LogP contribution in [0.3, 0.4) is 0 Å². The number of rotatable bonds is 3. The maximum Gasteiger partial charge on any atom is 0.260 e. The highest BCUT2D eigenvalue weighted by Gasteiger charge is 2.25. The number of anilines is 2. The van der Waals surface area contributed by atoms with Crippen LogP contribution in [0.25, 0.3) is 0 Å². The Balaban J connectivity index is 1.97. The third-order valence-electron chi connectivity index (χ3n) is 3.50. The Morgan fingerprint density at radius 3 is 2.81 bits per heavy atom. The Morgan fingerprint density at radius 2 is 1.95 bits per heavy atom. The average Bonchev–Trinajstić information content (AvgIpc) is 2.54. The monoisotopic (exact) mass is 298 g/mol. The topological polar surface area (TPSA) is 32.3 Å². The van der Waals surface area contributed by atoms with E-state index in [1.165, 1.54) is 4.90 Å². The second-order valence-electron chi connectivity index (χ2n) is 4.85. The zero-order valence-electron chi connectivity index (χ0n) is 12.0. The van der Waals surface area contributed by atoms with Gasteiger partial charge in [0, 0.05) is 29.4 Å². The first kappa shape index (κ1) is 14.0. The molecular weight excluding hydrogens is 280 g/mol. The van der Waals surface area contributed by atoms with Crippen molar-refractivity contribution in [3.8, 4) is 0 Å². The van der Waals surface area contributed by atoms with Crippen LogP contribution in [0.2, 0.25) is 0 Å². The molecule has 1 N–H and O–H groups in total. The van der Waals surface area contributed by atoms with Crippen molar-refractivity contribution in [1.29, 1.82) is 0 Å². The van der Waals surface area contributed by atoms with Crippen molar-refractivity contribution in [3.63, 3.8) is 0 Å². The molecule has 3 nitrogen and oxygen atoms in total. The van der Waals surface area contributed by atoms with Gasteiger partial charge in [-0.15, -0.1) is 11.8 Å². The van der Waals surface area contributed by atoms with Crippen LogP contribution in [0, 0.1) is 0 Å². The maximum absolute atomic E-state index is 12.9. The standard InChI is InChI=1S/C17H18N2OS/c1-2-18-14-8-4-3-7-13(14)17(20)19-11-12-21-16-10-6-5-9-15(16)19/h3-10,18H,2,11-12H2,1H3. The molecule has 1 aliphatic rings. The number of hydrogen-bond acceptors (Lipinski definition) is 3. The van der Waals surface area contributed by atoms with Crippen LogP contribution in [-0.2, 0) is 0 Å². The summed E-state index contributed by atoms with van der Waals surface area (Å²) in [6.45, 7) is 3.59. The van der Waals surface area contributed by atoms with Crippen LogP contribution < -0.4 is 10.2 Å². The van der Waals surface area contributed by atoms with E-state index in [-0.39, 0.29) is 5.91 Å². The quantitative estimate of drug-likeness (QED) is 0.933. The molecule has 0 saturated heterocycles. The van der Waals surface area contributed by atoms with Crippen LogP contribution in [0.4, 0.5) is 11.4 Å². The number of amides is 1. The molecule has 0 bridgehead atoms. The fraction of sp³-hybridized carbons (Fsp3) is 0.235. The number of nitrogens with one attached hydrogen (secondary N) is 1. The first-order valence-corrected chi connectivity index (χ1v) is 8.16. The molecule has 1 amide bonds. The SMILES string of the molecule is CCNc1ccccc1C(=O)N1CCSc2ccccc21. The molecule has 4 heteroatoms. The number of fused-ring (bicyclic) bond motifs is 1. The largest absolute Gasteiger partial charge is 0.385 e. The number of thioether (sulfide) groups is 1. The van der Waals surface area contributed by atoms with Gasteiger partial charge in [0.15, 0.2) is 0 Å². The van der Waals surface area contributed by atoms with Crippen molar-refractivity contribution in [2.45, 2.75) is 11.8 Å². The number of hydrogen-bond donors (Lipinski definition) is 1. The lowest BCUT2D eigenvalue weighted by molar-refractivity contribution is 0.0988. The lowest BCUT2D eigenvalue weighted by atomic mass is 10.1. The summed E-state index contributed by atoms with van der Waals surface area (Å²) in [4.78, 5) is 16.0. The summed E-state index contributed by atoms with van der Waals surface area (Å²) in [5.41, 5.74) is 2.66. The third kappa shape index (κ3) is 2.76. The predicted molar refractivity (Wildman–Crippen MR) is 89.4 cm³/mol. The molecule has 0 spiro atoms. The van der Waals surface area contributed by atoms with Crippen molar-refractivity contribution in [1.82, 2.24) is 0 Å². The van der Waals surface area contributed by atoms with E-state index < -0.39 is 0 Å². The van der Waals surface area contributed by atoms with Crippen LogP contribution in [0.1, 0.15) is 17.3 Å². The minimum atomic E-state index is 0.0688. The molecule has 21 heavy (non-hydrogen) atoms. The molecule has 0 unspecified atom stereocenters. The molecule has 108 valence electrons. The molecule has 3 rings (SSSR count). The number of benzene rings is 2. The summed E-state index contributed by atoms with van der Waals surface area (Å²) in [7, 11) is 0. The molecule has 0 fully saturated rings. The van der Waals surface area contributed by atoms with Crippen molar-refractivity contribution in [3.05, 3.63) is 54.1 Å². The highest BCUT2D eigenvalue weighted by atomic mass is 32.2. The molecular formula is C17H18N2OS. The Hall–Kier alpha value is -1.94. The van der Waals surface area contributed by atoms with E-state index >= 15 is 0 Å². The Labute approximate surface area is 129 Å². The van der Waals surface area contributed by atoms with Gasteiger partial charge in [-0.2, -0.15) is 0 Å². The van der Waals surface area contributed by atoms with E-state index in [0.29, 0.717) is 0 Å². The lowest BCUT2D eigenvalue weighted by Crippen LogP contribution is -2.35. The molecule has 0 radical (unpaired) electrons. The Bertz CT molecular complexity index is 657. The molecule has 0 atom stereocenters. The van der Waals surface area contributed by atoms with Crippen molar-refractivity contribution >= 4 is 29.0 Å². The summed E-state index contributed by atoms with van der Waals surface area (Å²) in [6.07, 6.45) is 0. The maximum atomic E-state index is 12.9. The molecule has 0 saturated carbocycles. The van der Waals surface area contributed by atoms with Crippen molar-refractivity contribution in [2.24, 2.45) is 0 Å². The Kier molecular flexibility index (Phi) is 4.15. The molecule has 1 heterocycles. The molecule has 0 aromatic heterocycles. The van der Waals surface area contributed by atoms with Gasteiger partial charge in [0.05, 0.1) is 11.3 Å². The van der Waals surface area contributed by atoms with Gasteiger partial charge < -0.3 is 10.2 Å². The fourth-order valence-electron chi connectivity index (χ4n) is 2.54. The third-order valence-corrected chi connectivity index (χ3v) is 4.54. The second kappa shape index (κ2) is 6.22. The van der Waals surface area contributed by atoms with Gasteiger partial charge in [-0.05, 0) is 31.2 Å². The van der Waals surface area contributed by atoms with E-state index in [9.17, 15) is 4.79 Å². The summed E-state index contributed by atoms with van der Waals surface area (Å²) in [5.74, 6) is 1.01. The van der Waals surface area contributed by atoms with E-state index in [2.05, 4.69) is 11.4 Å². The predicted octanol–water partition coefficient (Wildman–Crippen LogP) is 3.87. The van der Waals surface area contributed by atoms with Gasteiger partial charge in [-0.1, -0.05) is 24.3 Å². The first-order chi connectivity index (χ1) is 10.3. The zero-order chi connectivity index (χ0) is 14.7. The van der Waals surface area contributed by atoms with E-state index in [1.54, 1.807) is 0 Å². The summed E-state index contributed by atoms with van der Waals surface area (Å²) in [5, 5.41) is 3.27. The molecule has 1 aliphatic heterocycles. The zero-order valence-corrected chi connectivity index (χ0v) is 12.8. The fourth-order valence-corrected chi connectivity index (χ4v) is 3.53. The smallest absolute Gasteiger partial charge is 0.260 e. The van der Waals surface area contributed by atoms with Gasteiger partial charge in [-0.3, -0.25) is 4.79 Å². The molecule has 2 aromatic carbocycles. The van der Waals surface area contributed by atoms with Gasteiger partial charge in [0.25, 0.3) is 5.91 Å². The van der Waals surface area contributed by atoms with E-state index in [4.69, 9.17) is 0 Å². The average molecular weight is 298 g/mol. The minimum Gasteiger partial charge on any atom is -0.385 e. The van der Waals surface area contributed by atoms with Crippen molar-refractivity contribution in [2.75, 3.05) is 29.1 Å². The molecule has 2 aromatic rings. The van der Waals surface area contributed by atoms with Crippen LogP contribution >= 0.6 is 11.8 Å². The highest BCUT2D eigenvalue weighted by molar-refractivity contribution is 7.99. The lowest BCUT2D eigenvalue weighted by Gasteiger charge is -2.29. The van der Waals surface area contributed by atoms with Crippen LogP contribution in [-0.4, -0.2) is 24.7 Å². The number of nitrogens with zero attached hydrogens (tertiary/aromatic N) is 1. The first-order valence-electron chi connectivity index (χ1n) is 7.18. The van der Waals surface area contributed by atoms with Gasteiger partial charge in [-0.25, -0.2) is 0 Å². The van der Waals surface area contributed by atoms with E-state index in [0.717, 1.165) is 35.8 Å². The number of carbonyl (C=O) groups is 1. The van der Waals surface area contributed by atoms with Crippen molar-refractivity contribution < 1.29 is 4.79 Å². The summed E-state index contributed by atoms with van der Waals surface area (Å²) >= 11 is 1.81. The summed E-state index contributed by atoms with van der Waals surface area (Å²) in [6, 6.07) is 15.8. The second-order valence-corrected chi connectivity index (χ2v) is 5.99. The van der Waals surface area contributed by atoms with Gasteiger partial charge >= 0.3 is 0 Å². The normalized spacial score (nSPS) is 13.7. The van der Waals surface area contributed by atoms with Crippen LogP contribution in [0.15, 0.2) is 53.4 Å². The van der Waals surface area contributed by atoms with Gasteiger partial charge in [0.1, 0.15) is 0 Å². The molecule has 0 aliphatic carbocycles. The summed E-state index contributed by atoms with van der Waals surface area (Å²) < 4.78 is 0. The minimum absolute atomic E-state index is 0.0688. The Morgan fingerprint density at radius 1 is 1.19 bits per heavy atom. The van der Waals surface area contributed by atoms with Gasteiger partial charge in [0.2, 0.25) is 0 Å². The number of carbonyl (C=O) groups excluding carboxylic acids is 1. The van der Waals surface area contributed by atoms with E-state index in [1.807, 2.05) is 66.1 Å².